The molecule has 0 aliphatic carbocycles. The topological polar surface area (TPSA) is 62.0 Å². The highest BCUT2D eigenvalue weighted by Crippen LogP contribution is 2.30. The van der Waals surface area contributed by atoms with Crippen LogP contribution >= 0.6 is 0 Å². The van der Waals surface area contributed by atoms with Crippen molar-refractivity contribution in [1.29, 1.82) is 0 Å². The summed E-state index contributed by atoms with van der Waals surface area (Å²) in [7, 11) is 1.68. The maximum atomic E-state index is 9.83. The van der Waals surface area contributed by atoms with Crippen molar-refractivity contribution < 1.29 is 9.84 Å². The van der Waals surface area contributed by atoms with E-state index < -0.39 is 5.60 Å². The molecular weight excluding hydrogens is 280 g/mol. The van der Waals surface area contributed by atoms with Gasteiger partial charge in [-0.25, -0.2) is 4.99 Å². The number of likely N-dealkylation sites (tertiary alicyclic amines) is 1. The lowest BCUT2D eigenvalue weighted by molar-refractivity contribution is -0.0761. The molecule has 2 aliphatic rings. The summed E-state index contributed by atoms with van der Waals surface area (Å²) >= 11 is 0. The van der Waals surface area contributed by atoms with Crippen LogP contribution in [0.25, 0.3) is 0 Å². The van der Waals surface area contributed by atoms with Crippen LogP contribution in [0, 0.1) is 0 Å². The number of hydrogen-bond acceptors (Lipinski definition) is 5. The number of aliphatic hydroxyl groups is 1. The van der Waals surface area contributed by atoms with Crippen LogP contribution < -0.4 is 5.43 Å². The molecule has 0 saturated carbocycles. The van der Waals surface area contributed by atoms with E-state index in [0.29, 0.717) is 19.6 Å². The molecule has 0 aromatic carbocycles. The van der Waals surface area contributed by atoms with Crippen molar-refractivity contribution in [2.75, 3.05) is 32.2 Å². The fourth-order valence-corrected chi connectivity index (χ4v) is 3.04. The summed E-state index contributed by atoms with van der Waals surface area (Å²) in [6, 6.07) is 2.15. The van der Waals surface area contributed by atoms with E-state index in [0.717, 1.165) is 11.5 Å². The molecule has 22 heavy (non-hydrogen) atoms. The maximum Gasteiger partial charge on any atom is 0.192 e. The highest BCUT2D eigenvalue weighted by Gasteiger charge is 2.37. The number of ether oxygens (including phenoxy) is 1. The van der Waals surface area contributed by atoms with E-state index in [2.05, 4.69) is 48.4 Å². The second-order valence-corrected chi connectivity index (χ2v) is 7.69. The standard InChI is InChI=1S/C16H26N4O2/c1-15(2,3)11-6-12-14(22-5)17-13(18-20(12)7-11)8-19-9-16(4,21)10-19/h6-7,14,21H,8-10H2,1-5H3,(H,17,18). The Balaban J connectivity index is 1.77. The van der Waals surface area contributed by atoms with Gasteiger partial charge in [0, 0.05) is 26.4 Å². The first kappa shape index (κ1) is 15.5. The van der Waals surface area contributed by atoms with Crippen molar-refractivity contribution in [3.8, 4) is 0 Å². The van der Waals surface area contributed by atoms with E-state index in [1.165, 1.54) is 5.56 Å². The third-order valence-corrected chi connectivity index (χ3v) is 4.22. The van der Waals surface area contributed by atoms with Crippen LogP contribution in [-0.4, -0.2) is 52.9 Å². The van der Waals surface area contributed by atoms with Gasteiger partial charge in [-0.2, -0.15) is 0 Å². The lowest BCUT2D eigenvalue weighted by atomic mass is 9.89. The largest absolute Gasteiger partial charge is 0.388 e. The van der Waals surface area contributed by atoms with Gasteiger partial charge in [0.25, 0.3) is 0 Å². The van der Waals surface area contributed by atoms with Crippen molar-refractivity contribution in [3.63, 3.8) is 0 Å². The Morgan fingerprint density at radius 1 is 1.45 bits per heavy atom. The first-order valence-electron chi connectivity index (χ1n) is 7.72. The summed E-state index contributed by atoms with van der Waals surface area (Å²) in [5.41, 5.74) is 5.14. The van der Waals surface area contributed by atoms with Gasteiger partial charge in [-0.3, -0.25) is 15.0 Å². The van der Waals surface area contributed by atoms with E-state index in [-0.39, 0.29) is 11.6 Å². The quantitative estimate of drug-likeness (QED) is 0.887. The van der Waals surface area contributed by atoms with Gasteiger partial charge in [-0.1, -0.05) is 20.8 Å². The van der Waals surface area contributed by atoms with Gasteiger partial charge >= 0.3 is 0 Å². The number of fused-ring (bicyclic) bond motifs is 1. The van der Waals surface area contributed by atoms with Crippen LogP contribution in [-0.2, 0) is 10.2 Å². The Labute approximate surface area is 131 Å². The Morgan fingerprint density at radius 2 is 2.14 bits per heavy atom. The van der Waals surface area contributed by atoms with Gasteiger partial charge < -0.3 is 9.84 Å². The fraction of sp³-hybridized carbons (Fsp3) is 0.688. The number of nitrogens with one attached hydrogen (secondary N) is 1. The van der Waals surface area contributed by atoms with Gasteiger partial charge in [0.15, 0.2) is 6.23 Å². The van der Waals surface area contributed by atoms with Crippen molar-refractivity contribution in [1.82, 2.24) is 9.58 Å². The predicted octanol–water partition coefficient (Wildman–Crippen LogP) is 1.45. The van der Waals surface area contributed by atoms with Crippen molar-refractivity contribution in [2.24, 2.45) is 4.99 Å². The molecular formula is C16H26N4O2. The van der Waals surface area contributed by atoms with Crippen LogP contribution in [0.5, 0.6) is 0 Å². The summed E-state index contributed by atoms with van der Waals surface area (Å²) in [6.45, 7) is 10.5. The van der Waals surface area contributed by atoms with E-state index >= 15 is 0 Å². The zero-order chi connectivity index (χ0) is 16.1. The van der Waals surface area contributed by atoms with Crippen LogP contribution in [0.15, 0.2) is 17.3 Å². The van der Waals surface area contributed by atoms with E-state index in [4.69, 9.17) is 4.74 Å². The highest BCUT2D eigenvalue weighted by atomic mass is 16.5. The average Bonchev–Trinajstić information content (AvgIpc) is 2.79. The van der Waals surface area contributed by atoms with Crippen LogP contribution in [0.1, 0.15) is 45.2 Å². The molecule has 122 valence electrons. The van der Waals surface area contributed by atoms with Crippen molar-refractivity contribution in [2.45, 2.75) is 44.9 Å². The molecule has 0 radical (unpaired) electrons. The second-order valence-electron chi connectivity index (χ2n) is 7.69. The number of rotatable bonds is 3. The molecule has 1 unspecified atom stereocenters. The number of hydrogen-bond donors (Lipinski definition) is 2. The molecule has 3 rings (SSSR count). The zero-order valence-corrected chi connectivity index (χ0v) is 14.1. The SMILES string of the molecule is COC1N=C(CN2CC(C)(O)C2)Nn2cc(C(C)(C)C)cc21. The second kappa shape index (κ2) is 5.08. The summed E-state index contributed by atoms with van der Waals surface area (Å²) < 4.78 is 7.54. The lowest BCUT2D eigenvalue weighted by Gasteiger charge is -2.44. The maximum absolute atomic E-state index is 9.83. The molecule has 6 nitrogen and oxygen atoms in total. The summed E-state index contributed by atoms with van der Waals surface area (Å²) in [5, 5.41) is 9.83. The molecule has 6 heteroatoms. The van der Waals surface area contributed by atoms with Crippen molar-refractivity contribution in [3.05, 3.63) is 23.5 Å². The van der Waals surface area contributed by atoms with Gasteiger partial charge in [0.2, 0.25) is 0 Å². The summed E-state index contributed by atoms with van der Waals surface area (Å²) in [4.78, 5) is 6.81. The first-order valence-corrected chi connectivity index (χ1v) is 7.72. The molecule has 1 fully saturated rings. The molecule has 1 aromatic heterocycles. The molecule has 3 heterocycles. The fourth-order valence-electron chi connectivity index (χ4n) is 3.04. The molecule has 2 N–H and O–H groups in total. The number of aliphatic imine (C=N–C) groups is 1. The Morgan fingerprint density at radius 3 is 2.68 bits per heavy atom. The minimum atomic E-state index is -0.562. The molecule has 1 aromatic rings. The third kappa shape index (κ3) is 2.91. The van der Waals surface area contributed by atoms with E-state index in [1.54, 1.807) is 7.11 Å². The number of aromatic nitrogens is 1. The Bertz CT molecular complexity index is 590. The molecule has 1 atom stereocenters. The van der Waals surface area contributed by atoms with E-state index in [9.17, 15) is 5.11 Å². The number of nitrogens with zero attached hydrogens (tertiary/aromatic N) is 3. The predicted molar refractivity (Wildman–Crippen MR) is 86.7 cm³/mol. The number of methoxy groups -OCH3 is 1. The summed E-state index contributed by atoms with van der Waals surface area (Å²) in [5.74, 6) is 0.867. The third-order valence-electron chi connectivity index (χ3n) is 4.22. The summed E-state index contributed by atoms with van der Waals surface area (Å²) in [6.07, 6.45) is 1.83. The van der Waals surface area contributed by atoms with Crippen LogP contribution in [0.4, 0.5) is 0 Å². The van der Waals surface area contributed by atoms with Crippen LogP contribution in [0.3, 0.4) is 0 Å². The Hall–Kier alpha value is -1.37. The highest BCUT2D eigenvalue weighted by molar-refractivity contribution is 5.92. The average molecular weight is 306 g/mol. The van der Waals surface area contributed by atoms with Gasteiger partial charge in [0.05, 0.1) is 17.8 Å². The number of amidine groups is 1. The van der Waals surface area contributed by atoms with E-state index in [1.807, 2.05) is 11.6 Å². The van der Waals surface area contributed by atoms with Gasteiger partial charge in [-0.15, -0.1) is 0 Å². The smallest absolute Gasteiger partial charge is 0.192 e. The zero-order valence-electron chi connectivity index (χ0n) is 14.1. The normalized spacial score (nSPS) is 24.3. The molecule has 0 spiro atoms. The molecule has 0 amide bonds. The van der Waals surface area contributed by atoms with Gasteiger partial charge in [-0.05, 0) is 24.0 Å². The minimum absolute atomic E-state index is 0.0840. The number of β-amino-alcohol motifs (C(OH)–C–C–N with tert-alkyl or cyclic N) is 1. The van der Waals surface area contributed by atoms with Crippen molar-refractivity contribution >= 4 is 5.84 Å². The Kier molecular flexibility index (Phi) is 3.58. The minimum Gasteiger partial charge on any atom is -0.388 e. The van der Waals surface area contributed by atoms with Crippen LogP contribution in [0.2, 0.25) is 0 Å². The lowest BCUT2D eigenvalue weighted by Crippen LogP contribution is -2.61. The first-order chi connectivity index (χ1) is 10.2. The molecule has 2 aliphatic heterocycles. The van der Waals surface area contributed by atoms with Gasteiger partial charge in [0.1, 0.15) is 5.84 Å². The molecule has 0 bridgehead atoms. The monoisotopic (exact) mass is 306 g/mol. The molecule has 1 saturated heterocycles.